The molecule has 1 N–H and O–H groups in total. The fourth-order valence-corrected chi connectivity index (χ4v) is 2.01. The number of halogens is 6. The SMILES string of the molecule is N#Cc1cc(C(=O)O)c(C(F)(F)F)nc1-c1ccc(OC(F)(F)F)cc1. The third-order valence-electron chi connectivity index (χ3n) is 3.00. The number of hydrogen-bond donors (Lipinski definition) is 1. The quantitative estimate of drug-likeness (QED) is 0.811. The van der Waals surface area contributed by atoms with Crippen molar-refractivity contribution in [1.29, 1.82) is 5.26 Å². The molecule has 26 heavy (non-hydrogen) atoms. The van der Waals surface area contributed by atoms with Gasteiger partial charge in [0.2, 0.25) is 0 Å². The molecule has 0 saturated carbocycles. The average Bonchev–Trinajstić information content (AvgIpc) is 2.52. The first-order chi connectivity index (χ1) is 11.9. The molecular weight excluding hydrogens is 370 g/mol. The van der Waals surface area contributed by atoms with Gasteiger partial charge in [0, 0.05) is 5.56 Å². The highest BCUT2D eigenvalue weighted by atomic mass is 19.4. The highest BCUT2D eigenvalue weighted by Crippen LogP contribution is 2.34. The number of carboxylic acid groups (broad SMARTS) is 1. The number of carbonyl (C=O) groups is 1. The maximum absolute atomic E-state index is 13.0. The van der Waals surface area contributed by atoms with E-state index in [1.54, 1.807) is 0 Å². The van der Waals surface area contributed by atoms with Crippen LogP contribution in [0.15, 0.2) is 30.3 Å². The predicted molar refractivity (Wildman–Crippen MR) is 73.0 cm³/mol. The molecule has 0 fully saturated rings. The average molecular weight is 376 g/mol. The standard InChI is InChI=1S/C15H6F6N2O3/c16-14(17,18)12-10(13(24)25)5-8(6-22)11(23-12)7-1-3-9(4-2-7)26-15(19,20)21/h1-5H,(H,24,25). The lowest BCUT2D eigenvalue weighted by Gasteiger charge is -2.13. The Bertz CT molecular complexity index is 882. The smallest absolute Gasteiger partial charge is 0.478 e. The van der Waals surface area contributed by atoms with E-state index >= 15 is 0 Å². The Morgan fingerprint density at radius 3 is 2.12 bits per heavy atom. The van der Waals surface area contributed by atoms with Crippen molar-refractivity contribution in [2.24, 2.45) is 0 Å². The number of carboxylic acids is 1. The number of nitrogens with zero attached hydrogens (tertiary/aromatic N) is 2. The van der Waals surface area contributed by atoms with Gasteiger partial charge in [-0.2, -0.15) is 18.4 Å². The summed E-state index contributed by atoms with van der Waals surface area (Å²) < 4.78 is 79.1. The summed E-state index contributed by atoms with van der Waals surface area (Å²) in [5, 5.41) is 17.9. The van der Waals surface area contributed by atoms with Gasteiger partial charge < -0.3 is 9.84 Å². The van der Waals surface area contributed by atoms with Gasteiger partial charge in [0.15, 0.2) is 5.69 Å². The molecule has 0 aliphatic carbocycles. The van der Waals surface area contributed by atoms with E-state index in [0.717, 1.165) is 24.3 Å². The summed E-state index contributed by atoms with van der Waals surface area (Å²) in [6, 6.07) is 5.60. The molecule has 0 aliphatic heterocycles. The number of hydrogen-bond acceptors (Lipinski definition) is 4. The van der Waals surface area contributed by atoms with Gasteiger partial charge in [0.25, 0.3) is 0 Å². The first kappa shape index (κ1) is 19.0. The van der Waals surface area contributed by atoms with Crippen LogP contribution in [0.25, 0.3) is 11.3 Å². The largest absolute Gasteiger partial charge is 0.573 e. The molecule has 1 aromatic carbocycles. The monoisotopic (exact) mass is 376 g/mol. The Morgan fingerprint density at radius 1 is 1.12 bits per heavy atom. The summed E-state index contributed by atoms with van der Waals surface area (Å²) >= 11 is 0. The van der Waals surface area contributed by atoms with E-state index in [1.165, 1.54) is 6.07 Å². The van der Waals surface area contributed by atoms with Crippen LogP contribution in [0.5, 0.6) is 5.75 Å². The first-order valence-corrected chi connectivity index (χ1v) is 6.54. The number of rotatable bonds is 3. The van der Waals surface area contributed by atoms with Crippen molar-refractivity contribution in [2.45, 2.75) is 12.5 Å². The van der Waals surface area contributed by atoms with Gasteiger partial charge in [-0.1, -0.05) is 0 Å². The number of nitriles is 1. The highest BCUT2D eigenvalue weighted by Gasteiger charge is 2.38. The third kappa shape index (κ3) is 4.21. The first-order valence-electron chi connectivity index (χ1n) is 6.54. The van der Waals surface area contributed by atoms with Crippen LogP contribution in [0.2, 0.25) is 0 Å². The molecule has 0 saturated heterocycles. The maximum Gasteiger partial charge on any atom is 0.573 e. The van der Waals surface area contributed by atoms with Gasteiger partial charge in [-0.25, -0.2) is 9.78 Å². The van der Waals surface area contributed by atoms with Crippen LogP contribution in [-0.4, -0.2) is 22.4 Å². The van der Waals surface area contributed by atoms with Crippen LogP contribution in [-0.2, 0) is 6.18 Å². The zero-order valence-corrected chi connectivity index (χ0v) is 12.3. The Hall–Kier alpha value is -3.29. The maximum atomic E-state index is 13.0. The minimum atomic E-state index is -5.12. The van der Waals surface area contributed by atoms with E-state index < -0.39 is 46.8 Å². The summed E-state index contributed by atoms with van der Waals surface area (Å²) in [7, 11) is 0. The molecule has 0 radical (unpaired) electrons. The number of aromatic carboxylic acids is 1. The minimum Gasteiger partial charge on any atom is -0.478 e. The van der Waals surface area contributed by atoms with E-state index in [1.807, 2.05) is 0 Å². The molecule has 5 nitrogen and oxygen atoms in total. The van der Waals surface area contributed by atoms with E-state index in [2.05, 4.69) is 9.72 Å². The van der Waals surface area contributed by atoms with Crippen molar-refractivity contribution in [3.05, 3.63) is 47.2 Å². The lowest BCUT2D eigenvalue weighted by Crippen LogP contribution is -2.17. The lowest BCUT2D eigenvalue weighted by molar-refractivity contribution is -0.274. The van der Waals surface area contributed by atoms with E-state index in [-0.39, 0.29) is 5.56 Å². The fourth-order valence-electron chi connectivity index (χ4n) is 2.01. The van der Waals surface area contributed by atoms with Gasteiger partial charge in [0.05, 0.1) is 16.8 Å². The molecule has 136 valence electrons. The highest BCUT2D eigenvalue weighted by molar-refractivity contribution is 5.90. The molecule has 11 heteroatoms. The van der Waals surface area contributed by atoms with Gasteiger partial charge in [-0.15, -0.1) is 13.2 Å². The van der Waals surface area contributed by atoms with Gasteiger partial charge in [-0.3, -0.25) is 0 Å². The van der Waals surface area contributed by atoms with E-state index in [4.69, 9.17) is 10.4 Å². The number of ether oxygens (including phenoxy) is 1. The van der Waals surface area contributed by atoms with Crippen LogP contribution in [0, 0.1) is 11.3 Å². The zero-order valence-electron chi connectivity index (χ0n) is 12.3. The zero-order chi connectivity index (χ0) is 19.7. The molecule has 0 amide bonds. The Kier molecular flexibility index (Phi) is 4.80. The number of benzene rings is 1. The van der Waals surface area contributed by atoms with Gasteiger partial charge >= 0.3 is 18.5 Å². The molecule has 1 aromatic heterocycles. The Labute approximate surface area is 141 Å². The van der Waals surface area contributed by atoms with Gasteiger partial charge in [-0.05, 0) is 30.3 Å². The van der Waals surface area contributed by atoms with E-state index in [9.17, 15) is 31.1 Å². The summed E-state index contributed by atoms with van der Waals surface area (Å²) in [4.78, 5) is 14.2. The molecule has 0 atom stereocenters. The van der Waals surface area contributed by atoms with Crippen molar-refractivity contribution < 1.29 is 41.0 Å². The number of alkyl halides is 6. The molecule has 2 aromatic rings. The molecule has 1 heterocycles. The van der Waals surface area contributed by atoms with Crippen LogP contribution >= 0.6 is 0 Å². The lowest BCUT2D eigenvalue weighted by atomic mass is 10.0. The van der Waals surface area contributed by atoms with Crippen molar-refractivity contribution >= 4 is 5.97 Å². The van der Waals surface area contributed by atoms with Crippen LogP contribution in [0.3, 0.4) is 0 Å². The number of pyridine rings is 1. The van der Waals surface area contributed by atoms with Crippen molar-refractivity contribution in [3.8, 4) is 23.1 Å². The van der Waals surface area contributed by atoms with Gasteiger partial charge in [0.1, 0.15) is 11.8 Å². The fraction of sp³-hybridized carbons (Fsp3) is 0.133. The molecule has 0 spiro atoms. The van der Waals surface area contributed by atoms with E-state index in [0.29, 0.717) is 6.07 Å². The molecular formula is C15H6F6N2O3. The molecule has 0 unspecified atom stereocenters. The normalized spacial score (nSPS) is 11.7. The van der Waals surface area contributed by atoms with Crippen LogP contribution in [0.1, 0.15) is 21.6 Å². The molecule has 0 aliphatic rings. The second-order valence-electron chi connectivity index (χ2n) is 4.77. The topological polar surface area (TPSA) is 83.2 Å². The van der Waals surface area contributed by atoms with Crippen LogP contribution in [0.4, 0.5) is 26.3 Å². The second-order valence-corrected chi connectivity index (χ2v) is 4.77. The number of aromatic nitrogens is 1. The summed E-state index contributed by atoms with van der Waals surface area (Å²) in [5.74, 6) is -2.56. The summed E-state index contributed by atoms with van der Waals surface area (Å²) in [6.45, 7) is 0. The van der Waals surface area contributed by atoms with Crippen molar-refractivity contribution in [3.63, 3.8) is 0 Å². The Balaban J connectivity index is 2.59. The van der Waals surface area contributed by atoms with Crippen molar-refractivity contribution in [2.75, 3.05) is 0 Å². The molecule has 2 rings (SSSR count). The third-order valence-corrected chi connectivity index (χ3v) is 3.00. The van der Waals surface area contributed by atoms with Crippen molar-refractivity contribution in [1.82, 2.24) is 4.98 Å². The minimum absolute atomic E-state index is 0.126. The predicted octanol–water partition coefficient (Wildman–Crippen LogP) is 4.24. The summed E-state index contributed by atoms with van der Waals surface area (Å²) in [6.07, 6.45) is -10.1. The second kappa shape index (κ2) is 6.55. The van der Waals surface area contributed by atoms with Crippen LogP contribution < -0.4 is 4.74 Å². The summed E-state index contributed by atoms with van der Waals surface area (Å²) in [5.41, 5.74) is -4.08. The Morgan fingerprint density at radius 2 is 1.69 bits per heavy atom. The molecule has 0 bridgehead atoms.